The van der Waals surface area contributed by atoms with Gasteiger partial charge in [-0.3, -0.25) is 9.59 Å². The van der Waals surface area contributed by atoms with Gasteiger partial charge < -0.3 is 57.0 Å². The fourth-order valence-electron chi connectivity index (χ4n) is 16.8. The largest absolute Gasteiger partial charge is 0.459 e. The molecule has 0 saturated carbocycles. The maximum atomic E-state index is 15.1. The van der Waals surface area contributed by atoms with Crippen LogP contribution in [0.1, 0.15) is 139 Å². The molecule has 2 N–H and O–H groups in total. The van der Waals surface area contributed by atoms with Crippen LogP contribution in [-0.4, -0.2) is 155 Å². The van der Waals surface area contributed by atoms with E-state index in [1.54, 1.807) is 0 Å². The zero-order chi connectivity index (χ0) is 63.3. The fraction of sp³-hybridized carbons (Fsp3) is 0.595. The summed E-state index contributed by atoms with van der Waals surface area (Å²) in [5.74, 6) is -0.578. The highest BCUT2D eigenvalue weighted by Crippen LogP contribution is 2.50. The Morgan fingerprint density at radius 2 is 1.03 bits per heavy atom. The first kappa shape index (κ1) is 65.6. The van der Waals surface area contributed by atoms with Crippen molar-refractivity contribution in [3.05, 3.63) is 146 Å². The van der Waals surface area contributed by atoms with Crippen molar-refractivity contribution >= 4 is 49.1 Å². The van der Waals surface area contributed by atoms with Crippen molar-refractivity contribution in [2.24, 2.45) is 11.8 Å². The number of fused-ring (bicyclic) bond motifs is 8. The van der Waals surface area contributed by atoms with E-state index in [1.807, 2.05) is 31.2 Å². The number of esters is 1. The van der Waals surface area contributed by atoms with E-state index in [9.17, 15) is 10.2 Å². The minimum Gasteiger partial charge on any atom is -0.459 e. The van der Waals surface area contributed by atoms with Crippen molar-refractivity contribution in [3.63, 3.8) is 0 Å². The van der Waals surface area contributed by atoms with Crippen LogP contribution in [0.2, 0.25) is 10.1 Å². The molecule has 90 heavy (non-hydrogen) atoms. The average Bonchev–Trinajstić information content (AvgIpc) is 1.32. The van der Waals surface area contributed by atoms with Gasteiger partial charge in [0.2, 0.25) is 0 Å². The zero-order valence-electron chi connectivity index (χ0n) is 54.2. The van der Waals surface area contributed by atoms with Gasteiger partial charge in [0.05, 0.1) is 79.7 Å². The summed E-state index contributed by atoms with van der Waals surface area (Å²) in [6, 6.07) is 42.4. The number of aliphatic hydroxyl groups excluding tert-OH is 2. The lowest BCUT2D eigenvalue weighted by molar-refractivity contribution is -0.274. The zero-order valence-corrected chi connectivity index (χ0v) is 56.2. The number of hydrogen-bond donors (Lipinski definition) is 2. The first-order chi connectivity index (χ1) is 43.1. The molecule has 8 heterocycles. The van der Waals surface area contributed by atoms with Crippen LogP contribution in [0.25, 0.3) is 0 Å². The molecule has 0 radical (unpaired) electrons. The molecule has 0 spiro atoms. The molecule has 14 nitrogen and oxygen atoms in total. The Kier molecular flexibility index (Phi) is 19.7. The van der Waals surface area contributed by atoms with E-state index in [2.05, 4.69) is 159 Å². The molecule has 8 bridgehead atoms. The molecule has 8 fully saturated rings. The normalized spacial score (nSPS) is 36.5. The molecule has 20 atom stereocenters. The van der Waals surface area contributed by atoms with E-state index >= 15 is 9.59 Å². The number of aliphatic hydroxyl groups is 2. The monoisotopic (exact) mass is 1270 g/mol. The number of carbonyl (C=O) groups excluding carboxylic acids is 2. The summed E-state index contributed by atoms with van der Waals surface area (Å²) in [5, 5.41) is 24.8. The molecule has 486 valence electrons. The van der Waals surface area contributed by atoms with Crippen molar-refractivity contribution in [3.8, 4) is 0 Å². The Morgan fingerprint density at radius 3 is 1.61 bits per heavy atom. The standard InChI is InChI=1S/C74H98O14Si2/c1-45-39-51-33-35-58-46(2)40-50(79-58)32-31-49(76)41-62-69(87-89(73(5,6)7,53-23-15-11-16-24-53)54-25-17-12-18-26-54)70-71(85-62)72(88-90(74(8,9)10,55-27-19-13-20-28-55)56-29-21-14-22-30-56)68-60(84-70)36-34-52(81-68)42-65(78)86-67-48(4)66-63(43-57(77)59(83-66)37-38-75)82-64(67)44-61(80-51)47(45)3/h11-30,45,48,50-52,57-64,66-72,75,77H,2-3,31-44H2,1,4-10H3. The highest BCUT2D eigenvalue weighted by molar-refractivity contribution is 7.00. The van der Waals surface area contributed by atoms with Gasteiger partial charge in [-0.2, -0.15) is 0 Å². The first-order valence-corrected chi connectivity index (χ1v) is 37.5. The number of benzene rings is 4. The van der Waals surface area contributed by atoms with E-state index < -0.39 is 118 Å². The van der Waals surface area contributed by atoms with Crippen LogP contribution in [0.3, 0.4) is 0 Å². The maximum Gasteiger partial charge on any atom is 0.308 e. The third kappa shape index (κ3) is 12.9. The van der Waals surface area contributed by atoms with Crippen molar-refractivity contribution < 1.29 is 66.5 Å². The Hall–Kier alpha value is -4.51. The van der Waals surface area contributed by atoms with Gasteiger partial charge in [0.1, 0.15) is 42.4 Å². The van der Waals surface area contributed by atoms with Gasteiger partial charge in [-0.25, -0.2) is 0 Å². The van der Waals surface area contributed by atoms with Gasteiger partial charge in [-0.1, -0.05) is 190 Å². The fourth-order valence-corrected chi connectivity index (χ4v) is 26.2. The minimum absolute atomic E-state index is 0.0521. The molecule has 4 aromatic carbocycles. The van der Waals surface area contributed by atoms with Crippen molar-refractivity contribution in [1.29, 1.82) is 0 Å². The summed E-state index contributed by atoms with van der Waals surface area (Å²) in [6.07, 6.45) is -4.42. The summed E-state index contributed by atoms with van der Waals surface area (Å²) in [5.41, 5.74) is 1.99. The van der Waals surface area contributed by atoms with Gasteiger partial charge in [0.25, 0.3) is 16.6 Å². The molecule has 20 unspecified atom stereocenters. The predicted octanol–water partition coefficient (Wildman–Crippen LogP) is 9.55. The molecular weight excluding hydrogens is 1170 g/mol. The summed E-state index contributed by atoms with van der Waals surface area (Å²) >= 11 is 0. The second-order valence-electron chi connectivity index (χ2n) is 29.4. The molecular formula is C74H98O14Si2. The molecule has 0 aliphatic carbocycles. The second kappa shape index (κ2) is 27.1. The minimum atomic E-state index is -3.43. The topological polar surface area (TPSA) is 167 Å². The van der Waals surface area contributed by atoms with E-state index in [0.29, 0.717) is 44.9 Å². The molecule has 12 rings (SSSR count). The number of Topliss-reactive ketones (excluding diaryl/α,β-unsaturated/α-hetero) is 1. The second-order valence-corrected chi connectivity index (χ2v) is 37.9. The van der Waals surface area contributed by atoms with Gasteiger partial charge >= 0.3 is 5.97 Å². The van der Waals surface area contributed by atoms with Crippen LogP contribution in [0.15, 0.2) is 146 Å². The number of ether oxygens (including phenoxy) is 8. The summed E-state index contributed by atoms with van der Waals surface area (Å²) in [4.78, 5) is 30.2. The van der Waals surface area contributed by atoms with Gasteiger partial charge in [0, 0.05) is 38.2 Å². The third-order valence-corrected chi connectivity index (χ3v) is 31.5. The summed E-state index contributed by atoms with van der Waals surface area (Å²) in [6.45, 7) is 26.8. The van der Waals surface area contributed by atoms with E-state index in [4.69, 9.17) is 46.7 Å². The molecule has 16 heteroatoms. The highest BCUT2D eigenvalue weighted by atomic mass is 28.4. The van der Waals surface area contributed by atoms with Crippen LogP contribution in [-0.2, 0) is 56.3 Å². The third-order valence-electron chi connectivity index (χ3n) is 21.4. The van der Waals surface area contributed by atoms with Crippen LogP contribution >= 0.6 is 0 Å². The number of ketones is 1. The number of carbonyl (C=O) groups is 2. The quantitative estimate of drug-likeness (QED) is 0.0876. The molecule has 0 aromatic heterocycles. The Labute approximate surface area is 535 Å². The van der Waals surface area contributed by atoms with Crippen LogP contribution in [0, 0.1) is 11.8 Å². The molecule has 8 aliphatic heterocycles. The van der Waals surface area contributed by atoms with E-state index in [1.165, 1.54) is 0 Å². The Bertz CT molecular complexity index is 3020. The lowest BCUT2D eigenvalue weighted by atomic mass is 9.79. The Balaban J connectivity index is 0.958. The highest BCUT2D eigenvalue weighted by Gasteiger charge is 2.65. The van der Waals surface area contributed by atoms with Crippen molar-refractivity contribution in [1.82, 2.24) is 0 Å². The first-order valence-electron chi connectivity index (χ1n) is 33.7. The average molecular weight is 1270 g/mol. The van der Waals surface area contributed by atoms with Gasteiger partial charge in [-0.05, 0) is 99.3 Å². The maximum absolute atomic E-state index is 15.1. The lowest BCUT2D eigenvalue weighted by Gasteiger charge is -2.53. The summed E-state index contributed by atoms with van der Waals surface area (Å²) in [7, 11) is -6.78. The number of hydrogen-bond acceptors (Lipinski definition) is 14. The van der Waals surface area contributed by atoms with Crippen molar-refractivity contribution in [2.45, 2.75) is 259 Å². The number of rotatable bonds is 10. The van der Waals surface area contributed by atoms with Gasteiger partial charge in [0.15, 0.2) is 0 Å². The predicted molar refractivity (Wildman–Crippen MR) is 350 cm³/mol. The molecule has 8 aliphatic rings. The van der Waals surface area contributed by atoms with Gasteiger partial charge in [-0.15, -0.1) is 0 Å². The lowest BCUT2D eigenvalue weighted by Crippen LogP contribution is -2.73. The van der Waals surface area contributed by atoms with E-state index in [-0.39, 0.29) is 74.3 Å². The van der Waals surface area contributed by atoms with Crippen LogP contribution in [0.4, 0.5) is 0 Å². The smallest absolute Gasteiger partial charge is 0.308 e. The van der Waals surface area contributed by atoms with Crippen LogP contribution < -0.4 is 20.7 Å². The van der Waals surface area contributed by atoms with E-state index in [0.717, 1.165) is 44.7 Å². The van der Waals surface area contributed by atoms with Crippen LogP contribution in [0.5, 0.6) is 0 Å². The molecule has 8 saturated heterocycles. The summed E-state index contributed by atoms with van der Waals surface area (Å²) < 4.78 is 73.5. The molecule has 4 aromatic rings. The molecule has 0 amide bonds. The Morgan fingerprint density at radius 1 is 0.511 bits per heavy atom. The SMILES string of the molecule is C=C1CC2CCC(=O)CC3OC4C(OC5CCC(CC(=O)OC6C(CC7OC(CCC1O2)CC(C)C7=C)OC1CC(O)C(CCO)OC1C6C)OC5C4O[Si](c1ccccc1)(c1ccccc1)C(C)(C)C)C3O[Si](c1ccccc1)(c1ccccc1)C(C)(C)C. The van der Waals surface area contributed by atoms with Crippen molar-refractivity contribution in [2.75, 3.05) is 6.61 Å².